The normalized spacial score (nSPS) is 14.6. The van der Waals surface area contributed by atoms with E-state index < -0.39 is 0 Å². The number of aromatic nitrogens is 4. The lowest BCUT2D eigenvalue weighted by atomic mass is 10.0. The number of aryl methyl sites for hydroxylation is 1. The Bertz CT molecular complexity index is 1350. The molecule has 0 aliphatic carbocycles. The maximum absolute atomic E-state index is 13.5. The fourth-order valence-electron chi connectivity index (χ4n) is 4.41. The van der Waals surface area contributed by atoms with Crippen LogP contribution < -0.4 is 5.32 Å². The number of piperidine rings is 1. The molecule has 0 unspecified atom stereocenters. The Balaban J connectivity index is 1.13. The van der Waals surface area contributed by atoms with Gasteiger partial charge in [-0.15, -0.1) is 0 Å². The number of likely N-dealkylation sites (tertiary alicyclic amines) is 1. The summed E-state index contributed by atoms with van der Waals surface area (Å²) in [5.41, 5.74) is 2.58. The van der Waals surface area contributed by atoms with Gasteiger partial charge in [0.2, 0.25) is 0 Å². The van der Waals surface area contributed by atoms with Gasteiger partial charge in [0.25, 0.3) is 5.91 Å². The van der Waals surface area contributed by atoms with Gasteiger partial charge in [0.1, 0.15) is 11.6 Å². The number of nitrogens with one attached hydrogen (secondary N) is 1. The van der Waals surface area contributed by atoms with Crippen LogP contribution in [0.3, 0.4) is 0 Å². The van der Waals surface area contributed by atoms with Crippen molar-refractivity contribution >= 4 is 5.91 Å². The highest BCUT2D eigenvalue weighted by Crippen LogP contribution is 2.20. The molecule has 7 nitrogen and oxygen atoms in total. The van der Waals surface area contributed by atoms with Gasteiger partial charge in [0.15, 0.2) is 11.6 Å². The molecular weight excluding hydrogens is 462 g/mol. The monoisotopic (exact) mass is 488 g/mol. The van der Waals surface area contributed by atoms with Crippen LogP contribution in [0, 0.1) is 11.6 Å². The third-order valence-electron chi connectivity index (χ3n) is 6.34. The Morgan fingerprint density at radius 1 is 1.00 bits per heavy atom. The number of hydrogen-bond acceptors (Lipinski definition) is 5. The predicted molar refractivity (Wildman–Crippen MR) is 132 cm³/mol. The average Bonchev–Trinajstić information content (AvgIpc) is 3.25. The summed E-state index contributed by atoms with van der Waals surface area (Å²) in [6.45, 7) is 2.23. The van der Waals surface area contributed by atoms with E-state index in [9.17, 15) is 13.6 Å². The molecule has 0 atom stereocenters. The third kappa shape index (κ3) is 5.46. The maximum Gasteiger partial charge on any atom is 0.253 e. The molecule has 0 radical (unpaired) electrons. The third-order valence-corrected chi connectivity index (χ3v) is 6.34. The van der Waals surface area contributed by atoms with E-state index in [1.165, 1.54) is 30.5 Å². The van der Waals surface area contributed by atoms with Crippen molar-refractivity contribution in [3.63, 3.8) is 0 Å². The Morgan fingerprint density at radius 3 is 2.47 bits per heavy atom. The number of benzene rings is 2. The zero-order chi connectivity index (χ0) is 25.1. The highest BCUT2D eigenvalue weighted by molar-refractivity contribution is 5.94. The molecule has 1 amide bonds. The van der Waals surface area contributed by atoms with E-state index >= 15 is 0 Å². The van der Waals surface area contributed by atoms with Crippen LogP contribution in [0.15, 0.2) is 66.9 Å². The topological polar surface area (TPSA) is 75.9 Å². The van der Waals surface area contributed by atoms with Crippen LogP contribution in [0.4, 0.5) is 8.78 Å². The zero-order valence-corrected chi connectivity index (χ0v) is 19.9. The zero-order valence-electron chi connectivity index (χ0n) is 19.9. The molecule has 9 heteroatoms. The number of hydrogen-bond donors (Lipinski definition) is 1. The van der Waals surface area contributed by atoms with Crippen molar-refractivity contribution in [2.45, 2.75) is 25.4 Å². The SMILES string of the molecule is Cn1nc(CN2CCC(NC(=O)c3ccc(-c4cccc(F)c4)nc3)CC2)nc1-c1ccc(F)cc1. The van der Waals surface area contributed by atoms with E-state index in [1.807, 2.05) is 7.05 Å². The number of amides is 1. The molecule has 0 spiro atoms. The minimum atomic E-state index is -0.324. The molecule has 36 heavy (non-hydrogen) atoms. The Hall–Kier alpha value is -3.98. The van der Waals surface area contributed by atoms with E-state index in [2.05, 4.69) is 25.3 Å². The van der Waals surface area contributed by atoms with Crippen LogP contribution >= 0.6 is 0 Å². The molecule has 2 aromatic heterocycles. The molecule has 2 aromatic carbocycles. The molecule has 5 rings (SSSR count). The van der Waals surface area contributed by atoms with Gasteiger partial charge < -0.3 is 5.32 Å². The molecule has 1 fully saturated rings. The summed E-state index contributed by atoms with van der Waals surface area (Å²) in [6, 6.07) is 15.9. The highest BCUT2D eigenvalue weighted by Gasteiger charge is 2.23. The number of rotatable bonds is 6. The summed E-state index contributed by atoms with van der Waals surface area (Å²) in [5.74, 6) is 0.637. The molecule has 1 saturated heterocycles. The smallest absolute Gasteiger partial charge is 0.253 e. The first-order valence-corrected chi connectivity index (χ1v) is 11.9. The first-order valence-electron chi connectivity index (χ1n) is 11.9. The standard InChI is InChI=1S/C27H26F2N6O/c1-34-26(18-5-8-21(28)9-6-18)32-25(33-34)17-35-13-11-23(12-14-35)31-27(36)20-7-10-24(30-16-20)19-3-2-4-22(29)15-19/h2-10,15-16,23H,11-14,17H2,1H3,(H,31,36). The second-order valence-electron chi connectivity index (χ2n) is 8.95. The van der Waals surface area contributed by atoms with Gasteiger partial charge in [-0.1, -0.05) is 12.1 Å². The van der Waals surface area contributed by atoms with Crippen LogP contribution in [0.25, 0.3) is 22.6 Å². The molecule has 184 valence electrons. The second kappa shape index (κ2) is 10.3. The van der Waals surface area contributed by atoms with E-state index in [4.69, 9.17) is 0 Å². The van der Waals surface area contributed by atoms with Crippen LogP contribution in [0.2, 0.25) is 0 Å². The average molecular weight is 489 g/mol. The Morgan fingerprint density at radius 2 is 1.78 bits per heavy atom. The molecule has 1 N–H and O–H groups in total. The number of halogens is 2. The van der Waals surface area contributed by atoms with Crippen LogP contribution in [-0.2, 0) is 13.6 Å². The largest absolute Gasteiger partial charge is 0.349 e. The molecular formula is C27H26F2N6O. The molecule has 4 aromatic rings. The number of nitrogens with zero attached hydrogens (tertiary/aromatic N) is 5. The fourth-order valence-corrected chi connectivity index (χ4v) is 4.41. The lowest BCUT2D eigenvalue weighted by molar-refractivity contribution is 0.0907. The summed E-state index contributed by atoms with van der Waals surface area (Å²) >= 11 is 0. The van der Waals surface area contributed by atoms with Crippen LogP contribution in [-0.4, -0.2) is 49.7 Å². The van der Waals surface area contributed by atoms with E-state index in [-0.39, 0.29) is 23.6 Å². The van der Waals surface area contributed by atoms with Crippen molar-refractivity contribution < 1.29 is 13.6 Å². The summed E-state index contributed by atoms with van der Waals surface area (Å²) < 4.78 is 28.4. The predicted octanol–water partition coefficient (Wildman–Crippen LogP) is 4.22. The van der Waals surface area contributed by atoms with Gasteiger partial charge in [-0.3, -0.25) is 14.7 Å². The van der Waals surface area contributed by atoms with Gasteiger partial charge in [-0.2, -0.15) is 5.10 Å². The van der Waals surface area contributed by atoms with Crippen molar-refractivity contribution in [3.05, 3.63) is 89.9 Å². The summed E-state index contributed by atoms with van der Waals surface area (Å²) in [5, 5.41) is 7.61. The second-order valence-corrected chi connectivity index (χ2v) is 8.95. The van der Waals surface area contributed by atoms with Crippen molar-refractivity contribution in [1.29, 1.82) is 0 Å². The van der Waals surface area contributed by atoms with Crippen molar-refractivity contribution in [2.75, 3.05) is 13.1 Å². The molecule has 1 aliphatic rings. The molecule has 3 heterocycles. The highest BCUT2D eigenvalue weighted by atomic mass is 19.1. The van der Waals surface area contributed by atoms with Crippen LogP contribution in [0.1, 0.15) is 29.0 Å². The first-order chi connectivity index (χ1) is 17.4. The van der Waals surface area contributed by atoms with Gasteiger partial charge >= 0.3 is 0 Å². The number of carbonyl (C=O) groups excluding carboxylic acids is 1. The lowest BCUT2D eigenvalue weighted by Crippen LogP contribution is -2.44. The van der Waals surface area contributed by atoms with Gasteiger partial charge in [-0.05, 0) is 61.4 Å². The maximum atomic E-state index is 13.5. The van der Waals surface area contributed by atoms with Crippen molar-refractivity contribution in [2.24, 2.45) is 7.05 Å². The molecule has 0 saturated carbocycles. The molecule has 1 aliphatic heterocycles. The van der Waals surface area contributed by atoms with E-state index in [0.29, 0.717) is 35.0 Å². The quantitative estimate of drug-likeness (QED) is 0.440. The molecule has 0 bridgehead atoms. The first kappa shape index (κ1) is 23.7. The van der Waals surface area contributed by atoms with Gasteiger partial charge in [0.05, 0.1) is 17.8 Å². The summed E-state index contributed by atoms with van der Waals surface area (Å²) in [7, 11) is 1.83. The minimum absolute atomic E-state index is 0.0723. The van der Waals surface area contributed by atoms with Gasteiger partial charge in [-0.25, -0.2) is 18.4 Å². The van der Waals surface area contributed by atoms with Crippen molar-refractivity contribution in [3.8, 4) is 22.6 Å². The summed E-state index contributed by atoms with van der Waals surface area (Å²) in [6.07, 6.45) is 3.16. The Labute approximate surface area is 207 Å². The Kier molecular flexibility index (Phi) is 6.81. The van der Waals surface area contributed by atoms with E-state index in [1.54, 1.807) is 41.1 Å². The number of pyridine rings is 1. The van der Waals surface area contributed by atoms with Crippen LogP contribution in [0.5, 0.6) is 0 Å². The minimum Gasteiger partial charge on any atom is -0.349 e. The lowest BCUT2D eigenvalue weighted by Gasteiger charge is -2.31. The number of carbonyl (C=O) groups is 1. The van der Waals surface area contributed by atoms with Gasteiger partial charge in [0, 0.05) is 43.5 Å². The fraction of sp³-hybridized carbons (Fsp3) is 0.259. The van der Waals surface area contributed by atoms with Crippen molar-refractivity contribution in [1.82, 2.24) is 30.0 Å². The summed E-state index contributed by atoms with van der Waals surface area (Å²) in [4.78, 5) is 23.9. The van der Waals surface area contributed by atoms with E-state index in [0.717, 1.165) is 31.5 Å².